The first-order valence-corrected chi connectivity index (χ1v) is 44.4. The van der Waals surface area contributed by atoms with E-state index in [4.69, 9.17) is 0 Å². The lowest BCUT2D eigenvalue weighted by Gasteiger charge is -2.17. The van der Waals surface area contributed by atoms with Crippen LogP contribution in [-0.2, 0) is 0 Å². The Kier molecular flexibility index (Phi) is 15.1. The van der Waals surface area contributed by atoms with Crippen molar-refractivity contribution in [2.24, 2.45) is 0 Å². The van der Waals surface area contributed by atoms with Crippen LogP contribution < -0.4 is 0 Å². The van der Waals surface area contributed by atoms with Crippen LogP contribution in [0, 0.1) is 0 Å². The molecule has 0 N–H and O–H groups in total. The molecule has 0 amide bonds. The van der Waals surface area contributed by atoms with Crippen LogP contribution in [0.25, 0.3) is 275 Å². The van der Waals surface area contributed by atoms with Gasteiger partial charge in [-0.25, -0.2) is 0 Å². The minimum Gasteiger partial charge on any atom is -0.309 e. The maximum absolute atomic E-state index is 2.56. The van der Waals surface area contributed by atoms with Crippen molar-refractivity contribution in [3.63, 3.8) is 0 Å². The highest BCUT2D eigenvalue weighted by Crippen LogP contribution is 2.54. The van der Waals surface area contributed by atoms with Crippen molar-refractivity contribution < 1.29 is 0 Å². The molecule has 4 heteroatoms. The molecule has 26 aromatic rings. The molecule has 0 saturated heterocycles. The largest absolute Gasteiger partial charge is 0.309 e. The van der Waals surface area contributed by atoms with E-state index < -0.39 is 0 Å². The van der Waals surface area contributed by atoms with Crippen LogP contribution in [0.1, 0.15) is 0 Å². The zero-order valence-corrected chi connectivity index (χ0v) is 69.5. The zero-order valence-electron chi connectivity index (χ0n) is 69.5. The normalized spacial score (nSPS) is 12.2. The van der Waals surface area contributed by atoms with Gasteiger partial charge in [0.15, 0.2) is 0 Å². The maximum atomic E-state index is 2.56. The number of hydrogen-bond donors (Lipinski definition) is 0. The Hall–Kier alpha value is -16.9. The third-order valence-electron chi connectivity index (χ3n) is 28.2. The van der Waals surface area contributed by atoms with Gasteiger partial charge >= 0.3 is 0 Å². The molecular weight excluding hydrogens is 1550 g/mol. The molecule has 4 heterocycles. The SMILES string of the molecule is c1ccc(-n2c3ccccc3c3cc(-c4ccc5c6cc(-c7ccc(-c8ccc(-n9c%10ccccc%10c%10cc(-c%11ccc%12c(c%11)c%11ccc%13ccccc%13c%11n%12-c%11ccccc%11)ccc%109)cc8)c(-c8ccc9c(c8)-c8cccc%10cccc-9c8%10)c7)c7ccccc7c6n(-c6ccc(-c7ccccc7-c7ccc8c(c7)-c7cccc9cccc-8c79)cc6)c5c4)ccc32)cc1. The minimum atomic E-state index is 1.09. The molecule has 4 nitrogen and oxygen atoms in total. The second-order valence-electron chi connectivity index (χ2n) is 34.9. The van der Waals surface area contributed by atoms with E-state index in [9.17, 15) is 0 Å². The van der Waals surface area contributed by atoms with Crippen LogP contribution in [0.4, 0.5) is 0 Å². The van der Waals surface area contributed by atoms with Gasteiger partial charge in [0, 0.05) is 76.6 Å². The standard InChI is InChI=1S/C124H74N4/c1-3-26-87(27-4-1)125-115-41-15-13-34-98(115)112-68-82(53-65-117(112)125)83-48-62-100-114-74-108(95-33-11-12-36-105(95)124(114)128(120(100)73-83)90-57-45-76(46-58-90)91-30-9-10-31-92(91)84-50-60-96-101-37-17-22-78-24-19-39-103(121(78)101)109(96)71-84)85-49-59-93(107(70-85)86-51-61-97-102-38-18-23-79-25-20-40-104(122(79)102)110(97)72-86)77-43-55-89(56-44-77)126-116-42-16-14-35-99(116)111-67-80(52-64-118(111)126)81-54-66-119-113(69-81)106-63-47-75-21-7-8-32-94(75)123(106)127(119)88-28-5-2-6-29-88/h1-74H. The van der Waals surface area contributed by atoms with Gasteiger partial charge in [0.2, 0.25) is 0 Å². The molecule has 0 saturated carbocycles. The van der Waals surface area contributed by atoms with Gasteiger partial charge in [0.25, 0.3) is 0 Å². The van der Waals surface area contributed by atoms with Gasteiger partial charge in [0.05, 0.1) is 44.1 Å². The van der Waals surface area contributed by atoms with Crippen LogP contribution in [-0.4, -0.2) is 18.3 Å². The van der Waals surface area contributed by atoms with Gasteiger partial charge in [-0.3, -0.25) is 0 Å². The number of para-hydroxylation sites is 4. The molecule has 0 atom stereocenters. The summed E-state index contributed by atoms with van der Waals surface area (Å²) in [7, 11) is 0. The predicted molar refractivity (Wildman–Crippen MR) is 541 cm³/mol. The Morgan fingerprint density at radius 2 is 0.445 bits per heavy atom. The van der Waals surface area contributed by atoms with Gasteiger partial charge < -0.3 is 18.3 Å². The van der Waals surface area contributed by atoms with Crippen LogP contribution in [0.5, 0.6) is 0 Å². The first-order valence-electron chi connectivity index (χ1n) is 44.4. The summed E-state index contributed by atoms with van der Waals surface area (Å²) in [5.41, 5.74) is 40.7. The molecule has 22 aromatic carbocycles. The summed E-state index contributed by atoms with van der Waals surface area (Å²) >= 11 is 0. The second kappa shape index (κ2) is 27.3. The number of fused-ring (bicyclic) bond motifs is 22. The van der Waals surface area contributed by atoms with E-state index in [1.807, 2.05) is 0 Å². The van der Waals surface area contributed by atoms with Crippen molar-refractivity contribution in [1.29, 1.82) is 0 Å². The smallest absolute Gasteiger partial charge is 0.0619 e. The minimum absolute atomic E-state index is 1.09. The van der Waals surface area contributed by atoms with Crippen LogP contribution >= 0.6 is 0 Å². The summed E-state index contributed by atoms with van der Waals surface area (Å²) in [5, 5.41) is 19.8. The summed E-state index contributed by atoms with van der Waals surface area (Å²) in [6, 6.07) is 169. The van der Waals surface area contributed by atoms with Crippen molar-refractivity contribution in [2.75, 3.05) is 0 Å². The van der Waals surface area contributed by atoms with E-state index in [-0.39, 0.29) is 0 Å². The van der Waals surface area contributed by atoms with Gasteiger partial charge in [-0.05, 0) is 282 Å². The lowest BCUT2D eigenvalue weighted by atomic mass is 9.87. The van der Waals surface area contributed by atoms with E-state index in [0.29, 0.717) is 0 Å². The highest BCUT2D eigenvalue weighted by atomic mass is 15.0. The fraction of sp³-hybridized carbons (Fsp3) is 0. The number of aromatic nitrogens is 4. The molecule has 28 rings (SSSR count). The average molecular weight is 1620 g/mol. The highest BCUT2D eigenvalue weighted by molar-refractivity contribution is 6.25. The number of rotatable bonds is 11. The van der Waals surface area contributed by atoms with E-state index in [0.717, 1.165) is 67.2 Å². The van der Waals surface area contributed by atoms with Gasteiger partial charge in [-0.2, -0.15) is 0 Å². The fourth-order valence-corrected chi connectivity index (χ4v) is 22.5. The van der Waals surface area contributed by atoms with Crippen molar-refractivity contribution in [1.82, 2.24) is 18.3 Å². The Morgan fingerprint density at radius 1 is 0.117 bits per heavy atom. The third-order valence-corrected chi connectivity index (χ3v) is 28.2. The second-order valence-corrected chi connectivity index (χ2v) is 34.9. The van der Waals surface area contributed by atoms with E-state index >= 15 is 0 Å². The van der Waals surface area contributed by atoms with Crippen molar-refractivity contribution in [2.45, 2.75) is 0 Å². The van der Waals surface area contributed by atoms with E-state index in [1.54, 1.807) is 0 Å². The quantitative estimate of drug-likeness (QED) is 0.123. The molecule has 0 unspecified atom stereocenters. The van der Waals surface area contributed by atoms with Gasteiger partial charge in [0.1, 0.15) is 0 Å². The van der Waals surface area contributed by atoms with Gasteiger partial charge in [-0.1, -0.05) is 322 Å². The van der Waals surface area contributed by atoms with Crippen molar-refractivity contribution in [3.8, 4) is 145 Å². The summed E-state index contributed by atoms with van der Waals surface area (Å²) in [6.07, 6.45) is 0. The molecule has 0 aliphatic heterocycles. The number of nitrogens with zero attached hydrogens (tertiary/aromatic N) is 4. The molecule has 590 valence electrons. The summed E-state index contributed by atoms with van der Waals surface area (Å²) in [6.45, 7) is 0. The Bertz CT molecular complexity index is 9280. The maximum Gasteiger partial charge on any atom is 0.0619 e. The Morgan fingerprint density at radius 3 is 1.02 bits per heavy atom. The Balaban J connectivity index is 0.595. The third kappa shape index (κ3) is 10.4. The predicted octanol–water partition coefficient (Wildman–Crippen LogP) is 33.7. The Labute approximate surface area is 737 Å². The van der Waals surface area contributed by atoms with Gasteiger partial charge in [-0.15, -0.1) is 0 Å². The highest BCUT2D eigenvalue weighted by Gasteiger charge is 2.28. The molecule has 0 fully saturated rings. The fourth-order valence-electron chi connectivity index (χ4n) is 22.5. The van der Waals surface area contributed by atoms with E-state index in [1.165, 1.54) is 208 Å². The van der Waals surface area contributed by atoms with Crippen molar-refractivity contribution in [3.05, 3.63) is 449 Å². The first kappa shape index (κ1) is 70.6. The lowest BCUT2D eigenvalue weighted by Crippen LogP contribution is -1.96. The van der Waals surface area contributed by atoms with Crippen LogP contribution in [0.15, 0.2) is 449 Å². The van der Waals surface area contributed by atoms with Crippen molar-refractivity contribution >= 4 is 130 Å². The van der Waals surface area contributed by atoms with E-state index in [2.05, 4.69) is 467 Å². The summed E-state index contributed by atoms with van der Waals surface area (Å²) in [5.74, 6) is 0. The monoisotopic (exact) mass is 1620 g/mol. The zero-order chi connectivity index (χ0) is 83.5. The molecular formula is C124H74N4. The molecule has 0 radical (unpaired) electrons. The molecule has 128 heavy (non-hydrogen) atoms. The topological polar surface area (TPSA) is 19.7 Å². The van der Waals surface area contributed by atoms with Crippen LogP contribution in [0.3, 0.4) is 0 Å². The molecule has 0 bridgehead atoms. The molecule has 2 aliphatic carbocycles. The molecule has 2 aliphatic rings. The molecule has 0 spiro atoms. The average Bonchev–Trinajstić information content (AvgIpc) is 1.55. The number of benzene rings is 22. The number of hydrogen-bond acceptors (Lipinski definition) is 0. The lowest BCUT2D eigenvalue weighted by molar-refractivity contribution is 1.18. The summed E-state index contributed by atoms with van der Waals surface area (Å²) < 4.78 is 9.87. The van der Waals surface area contributed by atoms with Crippen LogP contribution in [0.2, 0.25) is 0 Å². The molecule has 4 aromatic heterocycles. The first-order chi connectivity index (χ1) is 63.5. The summed E-state index contributed by atoms with van der Waals surface area (Å²) in [4.78, 5) is 0.